The van der Waals surface area contributed by atoms with Gasteiger partial charge in [-0.05, 0) is 36.1 Å². The molecule has 8 heteroatoms. The van der Waals surface area contributed by atoms with E-state index in [9.17, 15) is 4.79 Å². The summed E-state index contributed by atoms with van der Waals surface area (Å²) in [7, 11) is 3.22. The van der Waals surface area contributed by atoms with Gasteiger partial charge >= 0.3 is 0 Å². The minimum atomic E-state index is -0.380. The van der Waals surface area contributed by atoms with Crippen molar-refractivity contribution in [3.8, 4) is 5.75 Å². The lowest BCUT2D eigenvalue weighted by atomic mass is 9.98. The van der Waals surface area contributed by atoms with Crippen LogP contribution < -0.4 is 4.74 Å². The normalized spacial score (nSPS) is 17.6. The summed E-state index contributed by atoms with van der Waals surface area (Å²) in [5.41, 5.74) is 2.25. The van der Waals surface area contributed by atoms with Gasteiger partial charge < -0.3 is 18.9 Å². The van der Waals surface area contributed by atoms with Crippen molar-refractivity contribution in [1.29, 1.82) is 0 Å². The van der Waals surface area contributed by atoms with E-state index in [4.69, 9.17) is 31.2 Å². The number of amides is 1. The van der Waals surface area contributed by atoms with Crippen LogP contribution in [0.2, 0.25) is 0 Å². The molecule has 2 aromatic carbocycles. The SMILES string of the molecule is COCO[C@@H](CCOCc1ccc(OC)cc1)[C@@H](C)C(=O)N1C(=S)SC[C@@H]1Cc1ccccc1. The van der Waals surface area contributed by atoms with Gasteiger partial charge in [0.1, 0.15) is 16.9 Å². The van der Waals surface area contributed by atoms with E-state index in [1.165, 1.54) is 5.56 Å². The van der Waals surface area contributed by atoms with Crippen molar-refractivity contribution in [2.45, 2.75) is 38.5 Å². The molecule has 1 aliphatic rings. The van der Waals surface area contributed by atoms with Crippen LogP contribution in [0.4, 0.5) is 0 Å². The molecule has 0 bridgehead atoms. The van der Waals surface area contributed by atoms with Gasteiger partial charge in [-0.15, -0.1) is 0 Å². The summed E-state index contributed by atoms with van der Waals surface area (Å²) in [5.74, 6) is 1.23. The second kappa shape index (κ2) is 13.8. The number of rotatable bonds is 13. The fourth-order valence-electron chi connectivity index (χ4n) is 3.89. The van der Waals surface area contributed by atoms with Crippen LogP contribution in [0.5, 0.6) is 5.75 Å². The number of carbonyl (C=O) groups is 1. The van der Waals surface area contributed by atoms with E-state index in [1.807, 2.05) is 49.4 Å². The lowest BCUT2D eigenvalue weighted by Crippen LogP contribution is -2.46. The third kappa shape index (κ3) is 7.52. The molecule has 34 heavy (non-hydrogen) atoms. The van der Waals surface area contributed by atoms with Gasteiger partial charge in [0.2, 0.25) is 5.91 Å². The maximum absolute atomic E-state index is 13.5. The van der Waals surface area contributed by atoms with E-state index in [2.05, 4.69) is 12.1 Å². The van der Waals surface area contributed by atoms with Gasteiger partial charge in [0, 0.05) is 19.5 Å². The number of benzene rings is 2. The summed E-state index contributed by atoms with van der Waals surface area (Å²) in [6, 6.07) is 18.0. The Hall–Kier alpha value is -1.97. The van der Waals surface area contributed by atoms with Crippen LogP contribution in [-0.4, -0.2) is 60.6 Å². The second-order valence-electron chi connectivity index (χ2n) is 8.22. The maximum Gasteiger partial charge on any atom is 0.233 e. The Morgan fingerprint density at radius 3 is 2.53 bits per heavy atom. The quantitative estimate of drug-likeness (QED) is 0.223. The van der Waals surface area contributed by atoms with E-state index in [0.717, 1.165) is 23.5 Å². The summed E-state index contributed by atoms with van der Waals surface area (Å²) in [6.45, 7) is 2.96. The first kappa shape index (κ1) is 26.6. The molecule has 1 heterocycles. The molecule has 0 saturated carbocycles. The minimum Gasteiger partial charge on any atom is -0.497 e. The molecule has 1 saturated heterocycles. The smallest absolute Gasteiger partial charge is 0.233 e. The third-order valence-corrected chi connectivity index (χ3v) is 7.38. The zero-order valence-corrected chi connectivity index (χ0v) is 21.6. The predicted molar refractivity (Wildman–Crippen MR) is 139 cm³/mol. The van der Waals surface area contributed by atoms with Crippen molar-refractivity contribution in [1.82, 2.24) is 4.90 Å². The molecule has 1 fully saturated rings. The largest absolute Gasteiger partial charge is 0.497 e. The number of thiocarbonyl (C=S) groups is 1. The Labute approximate surface area is 211 Å². The molecular weight excluding hydrogens is 470 g/mol. The molecule has 1 aliphatic heterocycles. The standard InChI is InChI=1S/C26H33NO5S2/c1-19(25(28)27-22(17-34-26(27)33)15-20-7-5-4-6-8-20)24(32-18-29-2)13-14-31-16-21-9-11-23(30-3)12-10-21/h4-12,19,22,24H,13-18H2,1-3H3/t19-,22+,24+/m1/s1. The second-order valence-corrected chi connectivity index (χ2v) is 9.87. The fourth-order valence-corrected chi connectivity index (χ4v) is 5.31. The van der Waals surface area contributed by atoms with Crippen LogP contribution in [0.3, 0.4) is 0 Å². The molecule has 184 valence electrons. The van der Waals surface area contributed by atoms with E-state index in [0.29, 0.717) is 24.0 Å². The lowest BCUT2D eigenvalue weighted by Gasteiger charge is -2.30. The molecule has 0 aromatic heterocycles. The Bertz CT molecular complexity index is 909. The maximum atomic E-state index is 13.5. The number of hydrogen-bond donors (Lipinski definition) is 0. The molecule has 3 atom stereocenters. The molecule has 6 nitrogen and oxygen atoms in total. The van der Waals surface area contributed by atoms with Gasteiger partial charge in [0.25, 0.3) is 0 Å². The van der Waals surface area contributed by atoms with Gasteiger partial charge in [-0.1, -0.05) is 73.4 Å². The Kier molecular flexibility index (Phi) is 10.8. The van der Waals surface area contributed by atoms with Gasteiger partial charge in [-0.3, -0.25) is 9.69 Å². The van der Waals surface area contributed by atoms with Gasteiger partial charge in [-0.25, -0.2) is 0 Å². The van der Waals surface area contributed by atoms with Crippen LogP contribution in [0.1, 0.15) is 24.5 Å². The average Bonchev–Trinajstić information content (AvgIpc) is 3.23. The predicted octanol–water partition coefficient (Wildman–Crippen LogP) is 4.70. The number of hydrogen-bond acceptors (Lipinski definition) is 7. The first-order chi connectivity index (χ1) is 16.5. The minimum absolute atomic E-state index is 0.00723. The first-order valence-corrected chi connectivity index (χ1v) is 12.8. The number of methoxy groups -OCH3 is 2. The highest BCUT2D eigenvalue weighted by atomic mass is 32.2. The lowest BCUT2D eigenvalue weighted by molar-refractivity contribution is -0.144. The van der Waals surface area contributed by atoms with Crippen molar-refractivity contribution >= 4 is 34.2 Å². The van der Waals surface area contributed by atoms with E-state index in [-0.39, 0.29) is 30.8 Å². The highest BCUT2D eigenvalue weighted by molar-refractivity contribution is 8.23. The van der Waals surface area contributed by atoms with Crippen LogP contribution in [0.25, 0.3) is 0 Å². The van der Waals surface area contributed by atoms with Crippen LogP contribution in [-0.2, 0) is 32.0 Å². The first-order valence-electron chi connectivity index (χ1n) is 11.4. The van der Waals surface area contributed by atoms with Crippen molar-refractivity contribution in [2.75, 3.05) is 33.4 Å². The summed E-state index contributed by atoms with van der Waals surface area (Å²) in [5, 5.41) is 0. The van der Waals surface area contributed by atoms with Crippen molar-refractivity contribution < 1.29 is 23.7 Å². The molecule has 0 N–H and O–H groups in total. The molecule has 0 aliphatic carbocycles. The van der Waals surface area contributed by atoms with Crippen LogP contribution in [0, 0.1) is 5.92 Å². The molecule has 2 aromatic rings. The van der Waals surface area contributed by atoms with Crippen molar-refractivity contribution in [3.05, 3.63) is 65.7 Å². The van der Waals surface area contributed by atoms with E-state index in [1.54, 1.807) is 30.9 Å². The zero-order valence-electron chi connectivity index (χ0n) is 20.0. The van der Waals surface area contributed by atoms with Crippen LogP contribution >= 0.6 is 24.0 Å². The number of thioether (sulfide) groups is 1. The molecule has 0 radical (unpaired) electrons. The molecule has 0 spiro atoms. The summed E-state index contributed by atoms with van der Waals surface area (Å²) >= 11 is 7.12. The van der Waals surface area contributed by atoms with E-state index >= 15 is 0 Å². The number of nitrogens with zero attached hydrogens (tertiary/aromatic N) is 1. The van der Waals surface area contributed by atoms with Gasteiger partial charge in [0.15, 0.2) is 0 Å². The van der Waals surface area contributed by atoms with Crippen molar-refractivity contribution in [3.63, 3.8) is 0 Å². The number of ether oxygens (including phenoxy) is 4. The highest BCUT2D eigenvalue weighted by Gasteiger charge is 2.38. The third-order valence-electron chi connectivity index (χ3n) is 5.83. The average molecular weight is 504 g/mol. The topological polar surface area (TPSA) is 57.2 Å². The molecule has 0 unspecified atom stereocenters. The van der Waals surface area contributed by atoms with Crippen LogP contribution in [0.15, 0.2) is 54.6 Å². The van der Waals surface area contributed by atoms with Gasteiger partial charge in [-0.2, -0.15) is 0 Å². The summed E-state index contributed by atoms with van der Waals surface area (Å²) in [6.07, 6.45) is 1.01. The van der Waals surface area contributed by atoms with Crippen molar-refractivity contribution in [2.24, 2.45) is 5.92 Å². The number of carbonyl (C=O) groups excluding carboxylic acids is 1. The highest BCUT2D eigenvalue weighted by Crippen LogP contribution is 2.30. The molecular formula is C26H33NO5S2. The van der Waals surface area contributed by atoms with Gasteiger partial charge in [0.05, 0.1) is 31.8 Å². The molecule has 3 rings (SSSR count). The van der Waals surface area contributed by atoms with E-state index < -0.39 is 0 Å². The molecule has 1 amide bonds. The Morgan fingerprint density at radius 1 is 1.12 bits per heavy atom. The Morgan fingerprint density at radius 2 is 1.85 bits per heavy atom. The monoisotopic (exact) mass is 503 g/mol. The fraction of sp³-hybridized carbons (Fsp3) is 0.462. The Balaban J connectivity index is 1.57. The summed E-state index contributed by atoms with van der Waals surface area (Å²) in [4.78, 5) is 15.3. The zero-order chi connectivity index (χ0) is 24.3. The summed E-state index contributed by atoms with van der Waals surface area (Å²) < 4.78 is 22.7.